The monoisotopic (exact) mass is 457 g/mol. The Bertz CT molecular complexity index is 968. The minimum atomic E-state index is -0.777. The molecule has 33 heavy (non-hydrogen) atoms. The molecule has 1 saturated heterocycles. The number of likely N-dealkylation sites (tertiary alicyclic amines) is 1. The summed E-state index contributed by atoms with van der Waals surface area (Å²) >= 11 is 0. The third kappa shape index (κ3) is 6.08. The zero-order valence-electron chi connectivity index (χ0n) is 18.7. The Labute approximate surface area is 193 Å². The van der Waals surface area contributed by atoms with E-state index < -0.39 is 11.7 Å². The van der Waals surface area contributed by atoms with Gasteiger partial charge in [0, 0.05) is 36.6 Å². The second kappa shape index (κ2) is 10.8. The minimum absolute atomic E-state index is 0.0423. The van der Waals surface area contributed by atoms with Crippen molar-refractivity contribution in [2.45, 2.75) is 50.6 Å². The Kier molecular flexibility index (Phi) is 7.56. The van der Waals surface area contributed by atoms with Crippen LogP contribution < -0.4 is 26.8 Å². The normalized spacial score (nSPS) is 21.0. The van der Waals surface area contributed by atoms with E-state index in [2.05, 4.69) is 25.5 Å². The topological polar surface area (TPSA) is 131 Å². The van der Waals surface area contributed by atoms with Crippen LogP contribution in [-0.4, -0.2) is 59.1 Å². The second-order valence-electron chi connectivity index (χ2n) is 8.68. The summed E-state index contributed by atoms with van der Waals surface area (Å²) in [4.78, 5) is 22.9. The lowest BCUT2D eigenvalue weighted by Gasteiger charge is -2.30. The van der Waals surface area contributed by atoms with E-state index in [4.69, 9.17) is 16.2 Å². The molecule has 2 aromatic rings. The van der Waals surface area contributed by atoms with Gasteiger partial charge in [0.15, 0.2) is 11.6 Å². The van der Waals surface area contributed by atoms with Crippen LogP contribution in [0.5, 0.6) is 5.88 Å². The Morgan fingerprint density at radius 2 is 1.97 bits per heavy atom. The molecule has 9 nitrogen and oxygen atoms in total. The van der Waals surface area contributed by atoms with Gasteiger partial charge in [0.2, 0.25) is 5.88 Å². The number of amides is 1. The quantitative estimate of drug-likeness (QED) is 0.452. The number of aromatic nitrogens is 2. The molecule has 1 amide bonds. The number of halogens is 1. The summed E-state index contributed by atoms with van der Waals surface area (Å²) in [6, 6.07) is 4.37. The largest absolute Gasteiger partial charge is 0.476 e. The van der Waals surface area contributed by atoms with Crippen LogP contribution in [0.4, 0.5) is 21.7 Å². The Morgan fingerprint density at radius 1 is 1.18 bits per heavy atom. The number of pyridine rings is 2. The number of hydrogen-bond donors (Lipinski definition) is 4. The molecule has 0 spiro atoms. The van der Waals surface area contributed by atoms with Crippen molar-refractivity contribution in [3.8, 4) is 5.88 Å². The fourth-order valence-electron chi connectivity index (χ4n) is 4.38. The number of hydrogen-bond acceptors (Lipinski definition) is 8. The average molecular weight is 458 g/mol. The van der Waals surface area contributed by atoms with E-state index in [1.54, 1.807) is 18.3 Å². The molecule has 1 saturated carbocycles. The van der Waals surface area contributed by atoms with Gasteiger partial charge in [-0.1, -0.05) is 12.8 Å². The van der Waals surface area contributed by atoms with Crippen LogP contribution in [0.2, 0.25) is 0 Å². The van der Waals surface area contributed by atoms with Gasteiger partial charge >= 0.3 is 0 Å². The number of ether oxygens (including phenoxy) is 1. The van der Waals surface area contributed by atoms with Gasteiger partial charge in [-0.05, 0) is 50.9 Å². The summed E-state index contributed by atoms with van der Waals surface area (Å²) in [7, 11) is 0. The third-order valence-corrected chi connectivity index (χ3v) is 6.24. The predicted octanol–water partition coefficient (Wildman–Crippen LogP) is 2.61. The fourth-order valence-corrected chi connectivity index (χ4v) is 4.38. The van der Waals surface area contributed by atoms with Gasteiger partial charge in [0.1, 0.15) is 12.4 Å². The Hall–Kier alpha value is -2.98. The number of anilines is 3. The lowest BCUT2D eigenvalue weighted by atomic mass is 9.91. The SMILES string of the molecule is NC(=O)c1cc(F)c(N[C@@H]2CCCC[C@@H]2N)nc1Nc1ccnc(OCCN2CCCC2)c1. The highest BCUT2D eigenvalue weighted by Gasteiger charge is 2.24. The first-order valence-electron chi connectivity index (χ1n) is 11.6. The minimum Gasteiger partial charge on any atom is -0.476 e. The van der Waals surface area contributed by atoms with Gasteiger partial charge in [-0.2, -0.15) is 0 Å². The van der Waals surface area contributed by atoms with Gasteiger partial charge in [-0.3, -0.25) is 9.69 Å². The first-order valence-corrected chi connectivity index (χ1v) is 11.6. The van der Waals surface area contributed by atoms with Crippen molar-refractivity contribution < 1.29 is 13.9 Å². The van der Waals surface area contributed by atoms with Gasteiger partial charge in [0.05, 0.1) is 5.56 Å². The van der Waals surface area contributed by atoms with Gasteiger partial charge in [-0.25, -0.2) is 14.4 Å². The molecular weight excluding hydrogens is 425 g/mol. The van der Waals surface area contributed by atoms with E-state index in [1.165, 1.54) is 12.8 Å². The van der Waals surface area contributed by atoms with Crippen LogP contribution in [0.1, 0.15) is 48.9 Å². The van der Waals surface area contributed by atoms with Crippen molar-refractivity contribution in [1.29, 1.82) is 0 Å². The average Bonchev–Trinajstić information content (AvgIpc) is 3.31. The number of carbonyl (C=O) groups excluding carboxylic acids is 1. The van der Waals surface area contributed by atoms with Crippen LogP contribution in [0, 0.1) is 5.82 Å². The zero-order chi connectivity index (χ0) is 23.2. The van der Waals surface area contributed by atoms with Gasteiger partial charge in [-0.15, -0.1) is 0 Å². The molecule has 178 valence electrons. The maximum absolute atomic E-state index is 14.7. The summed E-state index contributed by atoms with van der Waals surface area (Å²) in [6.07, 6.45) is 7.86. The Morgan fingerprint density at radius 3 is 2.73 bits per heavy atom. The lowest BCUT2D eigenvalue weighted by Crippen LogP contribution is -2.43. The van der Waals surface area contributed by atoms with Crippen LogP contribution in [0.3, 0.4) is 0 Å². The van der Waals surface area contributed by atoms with E-state index in [0.29, 0.717) is 18.2 Å². The fraction of sp³-hybridized carbons (Fsp3) is 0.522. The van der Waals surface area contributed by atoms with Crippen molar-refractivity contribution in [3.05, 3.63) is 35.8 Å². The van der Waals surface area contributed by atoms with Gasteiger partial charge < -0.3 is 26.8 Å². The lowest BCUT2D eigenvalue weighted by molar-refractivity contribution is 0.100. The number of nitrogens with zero attached hydrogens (tertiary/aromatic N) is 3. The van der Waals surface area contributed by atoms with E-state index >= 15 is 0 Å². The first-order chi connectivity index (χ1) is 16.0. The van der Waals surface area contributed by atoms with Crippen LogP contribution in [0.25, 0.3) is 0 Å². The predicted molar refractivity (Wildman–Crippen MR) is 125 cm³/mol. The zero-order valence-corrected chi connectivity index (χ0v) is 18.7. The third-order valence-electron chi connectivity index (χ3n) is 6.24. The van der Waals surface area contributed by atoms with Crippen molar-refractivity contribution in [1.82, 2.24) is 14.9 Å². The maximum Gasteiger partial charge on any atom is 0.252 e. The molecule has 2 fully saturated rings. The van der Waals surface area contributed by atoms with E-state index in [9.17, 15) is 9.18 Å². The number of rotatable bonds is 9. The van der Waals surface area contributed by atoms with Crippen molar-refractivity contribution in [2.24, 2.45) is 11.5 Å². The molecule has 1 aliphatic heterocycles. The number of carbonyl (C=O) groups is 1. The molecule has 0 bridgehead atoms. The van der Waals surface area contributed by atoms with Crippen LogP contribution >= 0.6 is 0 Å². The maximum atomic E-state index is 14.7. The summed E-state index contributed by atoms with van der Waals surface area (Å²) in [6.45, 7) is 3.59. The van der Waals surface area contributed by atoms with E-state index in [1.807, 2.05) is 0 Å². The molecule has 2 aromatic heterocycles. The van der Waals surface area contributed by atoms with Gasteiger partial charge in [0.25, 0.3) is 5.91 Å². The first kappa shape index (κ1) is 23.2. The summed E-state index contributed by atoms with van der Waals surface area (Å²) in [5.74, 6) is -0.770. The smallest absolute Gasteiger partial charge is 0.252 e. The highest BCUT2D eigenvalue weighted by molar-refractivity contribution is 5.98. The summed E-state index contributed by atoms with van der Waals surface area (Å²) < 4.78 is 20.5. The van der Waals surface area contributed by atoms with Crippen LogP contribution in [-0.2, 0) is 0 Å². The van der Waals surface area contributed by atoms with Crippen molar-refractivity contribution in [2.75, 3.05) is 36.9 Å². The molecule has 0 aromatic carbocycles. The number of nitrogens with two attached hydrogens (primary N) is 2. The summed E-state index contributed by atoms with van der Waals surface area (Å²) in [5, 5.41) is 6.17. The molecule has 0 radical (unpaired) electrons. The molecular formula is C23H32FN7O2. The van der Waals surface area contributed by atoms with E-state index in [-0.39, 0.29) is 29.3 Å². The van der Waals surface area contributed by atoms with Crippen LogP contribution in [0.15, 0.2) is 24.4 Å². The highest BCUT2D eigenvalue weighted by Crippen LogP contribution is 2.27. The molecule has 2 aliphatic rings. The molecule has 10 heteroatoms. The Balaban J connectivity index is 1.48. The standard InChI is InChI=1S/C23H32FN7O2/c24-17-14-16(21(26)32)22(30-23(17)29-19-6-2-1-5-18(19)25)28-15-7-8-27-20(13-15)33-12-11-31-9-3-4-10-31/h7-8,13-14,18-19H,1-6,9-12,25H2,(H2,26,32)(H2,27,28,29,30)/t18-,19+/m0/s1. The number of nitrogens with one attached hydrogen (secondary N) is 2. The molecule has 6 N–H and O–H groups in total. The molecule has 4 rings (SSSR count). The molecule has 2 atom stereocenters. The van der Waals surface area contributed by atoms with Crippen molar-refractivity contribution >= 4 is 23.2 Å². The van der Waals surface area contributed by atoms with E-state index in [0.717, 1.165) is 51.4 Å². The molecule has 1 aliphatic carbocycles. The summed E-state index contributed by atoms with van der Waals surface area (Å²) in [5.41, 5.74) is 12.2. The molecule has 0 unspecified atom stereocenters. The second-order valence-corrected chi connectivity index (χ2v) is 8.68. The number of primary amides is 1. The van der Waals surface area contributed by atoms with Crippen molar-refractivity contribution in [3.63, 3.8) is 0 Å². The highest BCUT2D eigenvalue weighted by atomic mass is 19.1. The molecule has 3 heterocycles.